The number of carbonyl (C=O) groups is 1. The highest BCUT2D eigenvalue weighted by molar-refractivity contribution is 6.06. The van der Waals surface area contributed by atoms with Crippen molar-refractivity contribution in [3.63, 3.8) is 0 Å². The summed E-state index contributed by atoms with van der Waals surface area (Å²) in [5.74, 6) is -0.891. The van der Waals surface area contributed by atoms with Gasteiger partial charge >= 0.3 is 5.97 Å². The summed E-state index contributed by atoms with van der Waals surface area (Å²) < 4.78 is 0. The average molecular weight is 252 g/mol. The van der Waals surface area contributed by atoms with Crippen LogP contribution in [0.15, 0.2) is 30.3 Å². The van der Waals surface area contributed by atoms with Gasteiger partial charge in [0.1, 0.15) is 0 Å². The van der Waals surface area contributed by atoms with Crippen LogP contribution in [0.1, 0.15) is 21.5 Å². The maximum Gasteiger partial charge on any atom is 0.336 e. The summed E-state index contributed by atoms with van der Waals surface area (Å²) in [5, 5.41) is 10.9. The lowest BCUT2D eigenvalue weighted by atomic mass is 9.95. The van der Waals surface area contributed by atoms with Gasteiger partial charge in [0.25, 0.3) is 0 Å². The molecule has 0 spiro atoms. The van der Waals surface area contributed by atoms with E-state index in [9.17, 15) is 9.90 Å². The third-order valence-corrected chi connectivity index (χ3v) is 2.76. The van der Waals surface area contributed by atoms with Crippen LogP contribution in [-0.2, 0) is 6.54 Å². The van der Waals surface area contributed by atoms with Crippen LogP contribution in [0.3, 0.4) is 0 Å². The Morgan fingerprint density at radius 1 is 1.29 bits per heavy atom. The van der Waals surface area contributed by atoms with Gasteiger partial charge in [0.05, 0.1) is 5.56 Å². The molecule has 0 fully saturated rings. The highest BCUT2D eigenvalue weighted by atomic mass is 35.5. The predicted octanol–water partition coefficient (Wildman–Crippen LogP) is 2.73. The lowest BCUT2D eigenvalue weighted by Gasteiger charge is -2.10. The molecule has 0 aliphatic carbocycles. The molecule has 0 heterocycles. The average Bonchev–Trinajstić information content (AvgIpc) is 2.27. The molecule has 0 bridgehead atoms. The zero-order valence-corrected chi connectivity index (χ0v) is 10.3. The predicted molar refractivity (Wildman–Crippen MR) is 70.8 cm³/mol. The van der Waals surface area contributed by atoms with Crippen molar-refractivity contribution in [2.75, 3.05) is 0 Å². The number of carboxylic acids is 1. The fourth-order valence-electron chi connectivity index (χ4n) is 2.06. The van der Waals surface area contributed by atoms with Crippen molar-refractivity contribution in [1.82, 2.24) is 0 Å². The SMILES string of the molecule is Cc1cc(CN)c2ccccc2c1C(=O)O.Cl. The molecule has 3 nitrogen and oxygen atoms in total. The van der Waals surface area contributed by atoms with Crippen molar-refractivity contribution < 1.29 is 9.90 Å². The Hall–Kier alpha value is -1.58. The van der Waals surface area contributed by atoms with Gasteiger partial charge in [-0.2, -0.15) is 0 Å². The van der Waals surface area contributed by atoms with Gasteiger partial charge < -0.3 is 10.8 Å². The zero-order valence-electron chi connectivity index (χ0n) is 9.43. The van der Waals surface area contributed by atoms with E-state index in [0.29, 0.717) is 12.1 Å². The third-order valence-electron chi connectivity index (χ3n) is 2.76. The van der Waals surface area contributed by atoms with E-state index >= 15 is 0 Å². The molecule has 0 atom stereocenters. The van der Waals surface area contributed by atoms with Crippen LogP contribution < -0.4 is 5.73 Å². The topological polar surface area (TPSA) is 63.3 Å². The van der Waals surface area contributed by atoms with Crippen LogP contribution in [-0.4, -0.2) is 11.1 Å². The summed E-state index contributed by atoms with van der Waals surface area (Å²) in [7, 11) is 0. The van der Waals surface area contributed by atoms with E-state index in [-0.39, 0.29) is 12.4 Å². The van der Waals surface area contributed by atoms with Gasteiger partial charge in [0, 0.05) is 6.54 Å². The Kier molecular flexibility index (Phi) is 4.10. The van der Waals surface area contributed by atoms with Crippen LogP contribution in [0.4, 0.5) is 0 Å². The lowest BCUT2D eigenvalue weighted by Crippen LogP contribution is -2.05. The van der Waals surface area contributed by atoms with Crippen molar-refractivity contribution in [2.45, 2.75) is 13.5 Å². The standard InChI is InChI=1S/C13H13NO2.ClH/c1-8-6-9(7-14)10-4-2-3-5-11(10)12(8)13(15)16;/h2-6H,7,14H2,1H3,(H,15,16);1H. The van der Waals surface area contributed by atoms with Gasteiger partial charge in [0.2, 0.25) is 0 Å². The van der Waals surface area contributed by atoms with Gasteiger partial charge in [-0.25, -0.2) is 4.79 Å². The van der Waals surface area contributed by atoms with E-state index in [1.165, 1.54) is 0 Å². The van der Waals surface area contributed by atoms with Gasteiger partial charge in [0.15, 0.2) is 0 Å². The number of aryl methyl sites for hydroxylation is 1. The number of halogens is 1. The van der Waals surface area contributed by atoms with E-state index in [1.54, 1.807) is 6.92 Å². The molecule has 2 aromatic rings. The van der Waals surface area contributed by atoms with Crippen LogP contribution in [0.2, 0.25) is 0 Å². The van der Waals surface area contributed by atoms with Gasteiger partial charge in [-0.15, -0.1) is 12.4 Å². The molecule has 0 amide bonds. The highest BCUT2D eigenvalue weighted by Crippen LogP contribution is 2.25. The Morgan fingerprint density at radius 3 is 2.41 bits per heavy atom. The number of fused-ring (bicyclic) bond motifs is 1. The summed E-state index contributed by atoms with van der Waals surface area (Å²) in [6.45, 7) is 2.22. The molecule has 2 rings (SSSR count). The number of rotatable bonds is 2. The Bertz CT molecular complexity index is 567. The summed E-state index contributed by atoms with van der Waals surface area (Å²) in [4.78, 5) is 11.2. The zero-order chi connectivity index (χ0) is 11.7. The fraction of sp³-hybridized carbons (Fsp3) is 0.154. The molecule has 3 N–H and O–H groups in total. The Morgan fingerprint density at radius 2 is 1.88 bits per heavy atom. The van der Waals surface area contributed by atoms with Crippen LogP contribution in [0.25, 0.3) is 10.8 Å². The number of nitrogens with two attached hydrogens (primary N) is 1. The van der Waals surface area contributed by atoms with Crippen molar-refractivity contribution in [3.8, 4) is 0 Å². The van der Waals surface area contributed by atoms with E-state index in [1.807, 2.05) is 30.3 Å². The van der Waals surface area contributed by atoms with Crippen molar-refractivity contribution in [2.24, 2.45) is 5.73 Å². The van der Waals surface area contributed by atoms with Gasteiger partial charge in [-0.05, 0) is 28.8 Å². The fourth-order valence-corrected chi connectivity index (χ4v) is 2.06. The molecule has 0 aromatic heterocycles. The van der Waals surface area contributed by atoms with Crippen molar-refractivity contribution >= 4 is 29.1 Å². The number of hydrogen-bond donors (Lipinski definition) is 2. The third kappa shape index (κ3) is 2.25. The van der Waals surface area contributed by atoms with E-state index < -0.39 is 5.97 Å². The highest BCUT2D eigenvalue weighted by Gasteiger charge is 2.13. The largest absolute Gasteiger partial charge is 0.478 e. The monoisotopic (exact) mass is 251 g/mol. The van der Waals surface area contributed by atoms with Crippen LogP contribution in [0.5, 0.6) is 0 Å². The minimum absolute atomic E-state index is 0. The first-order valence-electron chi connectivity index (χ1n) is 5.09. The number of hydrogen-bond acceptors (Lipinski definition) is 2. The summed E-state index contributed by atoms with van der Waals surface area (Å²) >= 11 is 0. The number of aromatic carboxylic acids is 1. The van der Waals surface area contributed by atoms with Gasteiger partial charge in [-0.1, -0.05) is 30.3 Å². The molecule has 2 aromatic carbocycles. The second-order valence-electron chi connectivity index (χ2n) is 3.78. The molecule has 4 heteroatoms. The Labute approximate surface area is 106 Å². The first-order chi connectivity index (χ1) is 7.65. The molecular formula is C13H14ClNO2. The Balaban J connectivity index is 0.00000144. The summed E-state index contributed by atoms with van der Waals surface area (Å²) in [5.41, 5.74) is 7.77. The minimum atomic E-state index is -0.891. The summed E-state index contributed by atoms with van der Waals surface area (Å²) in [6, 6.07) is 9.32. The number of carboxylic acid groups (broad SMARTS) is 1. The van der Waals surface area contributed by atoms with Crippen LogP contribution >= 0.6 is 12.4 Å². The first kappa shape index (κ1) is 13.5. The first-order valence-corrected chi connectivity index (χ1v) is 5.09. The molecule has 0 radical (unpaired) electrons. The summed E-state index contributed by atoms with van der Waals surface area (Å²) in [6.07, 6.45) is 0. The minimum Gasteiger partial charge on any atom is -0.478 e. The lowest BCUT2D eigenvalue weighted by molar-refractivity contribution is 0.0698. The maximum atomic E-state index is 11.2. The van der Waals surface area contributed by atoms with E-state index in [2.05, 4.69) is 0 Å². The normalized spacial score (nSPS) is 10.0. The van der Waals surface area contributed by atoms with Crippen LogP contribution in [0, 0.1) is 6.92 Å². The molecule has 0 saturated heterocycles. The molecule has 17 heavy (non-hydrogen) atoms. The molecule has 0 unspecified atom stereocenters. The number of benzene rings is 2. The second kappa shape index (κ2) is 5.17. The smallest absolute Gasteiger partial charge is 0.336 e. The quantitative estimate of drug-likeness (QED) is 0.863. The molecule has 0 saturated carbocycles. The van der Waals surface area contributed by atoms with Gasteiger partial charge in [-0.3, -0.25) is 0 Å². The second-order valence-corrected chi connectivity index (χ2v) is 3.78. The van der Waals surface area contributed by atoms with Crippen molar-refractivity contribution in [3.05, 3.63) is 47.0 Å². The maximum absolute atomic E-state index is 11.2. The van der Waals surface area contributed by atoms with E-state index in [4.69, 9.17) is 5.73 Å². The molecule has 90 valence electrons. The molecule has 0 aliphatic heterocycles. The molecule has 0 aliphatic rings. The molecular weight excluding hydrogens is 238 g/mol. The van der Waals surface area contributed by atoms with Crippen molar-refractivity contribution in [1.29, 1.82) is 0 Å². The van der Waals surface area contributed by atoms with E-state index in [0.717, 1.165) is 21.9 Å².